The van der Waals surface area contributed by atoms with Crippen LogP contribution in [0.5, 0.6) is 0 Å². The summed E-state index contributed by atoms with van der Waals surface area (Å²) >= 11 is 5.29. The van der Waals surface area contributed by atoms with E-state index in [1.165, 1.54) is 5.56 Å². The summed E-state index contributed by atoms with van der Waals surface area (Å²) in [5.74, 6) is -0.331. The van der Waals surface area contributed by atoms with E-state index in [-0.39, 0.29) is 5.97 Å². The average Bonchev–Trinajstić information content (AvgIpc) is 2.60. The summed E-state index contributed by atoms with van der Waals surface area (Å²) < 4.78 is 4.99. The van der Waals surface area contributed by atoms with Gasteiger partial charge in [0.25, 0.3) is 0 Å². The van der Waals surface area contributed by atoms with Crippen LogP contribution < -0.4 is 10.6 Å². The van der Waals surface area contributed by atoms with E-state index < -0.39 is 0 Å². The molecule has 0 fully saturated rings. The summed E-state index contributed by atoms with van der Waals surface area (Å²) in [5, 5.41) is 6.82. The van der Waals surface area contributed by atoms with Crippen molar-refractivity contribution in [3.63, 3.8) is 0 Å². The number of nitrogens with one attached hydrogen (secondary N) is 2. The fourth-order valence-electron chi connectivity index (χ4n) is 2.25. The molecule has 2 aromatic rings. The van der Waals surface area contributed by atoms with Crippen LogP contribution in [0, 0.1) is 0 Å². The van der Waals surface area contributed by atoms with Gasteiger partial charge in [-0.15, -0.1) is 0 Å². The van der Waals surface area contributed by atoms with Gasteiger partial charge in [-0.25, -0.2) is 4.79 Å². The highest BCUT2D eigenvalue weighted by Gasteiger charge is 2.07. The molecule has 0 saturated heterocycles. The SMILES string of the molecule is CCOC(=O)c1cccc(NC(=S)NCCCc2ccccc2)c1. The molecule has 0 aliphatic carbocycles. The molecule has 24 heavy (non-hydrogen) atoms. The molecule has 0 aliphatic rings. The third-order valence-corrected chi connectivity index (χ3v) is 3.65. The molecule has 0 unspecified atom stereocenters. The molecule has 0 atom stereocenters. The van der Waals surface area contributed by atoms with Crippen molar-refractivity contribution < 1.29 is 9.53 Å². The van der Waals surface area contributed by atoms with Gasteiger partial charge in [0, 0.05) is 12.2 Å². The van der Waals surface area contributed by atoms with Crippen molar-refractivity contribution in [1.82, 2.24) is 5.32 Å². The standard InChI is InChI=1S/C19H22N2O2S/c1-2-23-18(22)16-11-6-12-17(14-16)21-19(24)20-13-7-10-15-8-4-3-5-9-15/h3-6,8-9,11-12,14H,2,7,10,13H2,1H3,(H2,20,21,24). The molecule has 2 rings (SSSR count). The van der Waals surface area contributed by atoms with E-state index in [0.717, 1.165) is 25.1 Å². The van der Waals surface area contributed by atoms with Gasteiger partial charge in [-0.2, -0.15) is 0 Å². The van der Waals surface area contributed by atoms with Gasteiger partial charge in [0.1, 0.15) is 0 Å². The van der Waals surface area contributed by atoms with Gasteiger partial charge >= 0.3 is 5.97 Å². The van der Waals surface area contributed by atoms with Crippen LogP contribution in [0.4, 0.5) is 5.69 Å². The number of benzene rings is 2. The Labute approximate surface area is 148 Å². The third-order valence-electron chi connectivity index (χ3n) is 3.40. The lowest BCUT2D eigenvalue weighted by atomic mass is 10.1. The Morgan fingerprint density at radius 1 is 1.12 bits per heavy atom. The maximum atomic E-state index is 11.7. The summed E-state index contributed by atoms with van der Waals surface area (Å²) in [5.41, 5.74) is 2.59. The fourth-order valence-corrected chi connectivity index (χ4v) is 2.47. The van der Waals surface area contributed by atoms with Crippen LogP contribution >= 0.6 is 12.2 Å². The molecule has 0 amide bonds. The summed E-state index contributed by atoms with van der Waals surface area (Å²) in [6.07, 6.45) is 2.00. The molecule has 0 aliphatic heterocycles. The Bertz CT molecular complexity index is 674. The number of carbonyl (C=O) groups is 1. The zero-order chi connectivity index (χ0) is 17.2. The van der Waals surface area contributed by atoms with Crippen molar-refractivity contribution in [3.05, 3.63) is 65.7 Å². The number of esters is 1. The van der Waals surface area contributed by atoms with Crippen LogP contribution in [0.3, 0.4) is 0 Å². The maximum absolute atomic E-state index is 11.7. The van der Waals surface area contributed by atoms with Crippen LogP contribution in [0.2, 0.25) is 0 Å². The largest absolute Gasteiger partial charge is 0.462 e. The van der Waals surface area contributed by atoms with Crippen LogP contribution in [-0.2, 0) is 11.2 Å². The monoisotopic (exact) mass is 342 g/mol. The van der Waals surface area contributed by atoms with E-state index in [9.17, 15) is 4.79 Å². The molecule has 126 valence electrons. The van der Waals surface area contributed by atoms with Crippen LogP contribution in [0.25, 0.3) is 0 Å². The lowest BCUT2D eigenvalue weighted by Gasteiger charge is -2.11. The van der Waals surface area contributed by atoms with Crippen molar-refractivity contribution in [2.24, 2.45) is 0 Å². The van der Waals surface area contributed by atoms with E-state index in [2.05, 4.69) is 22.8 Å². The number of thiocarbonyl (C=S) groups is 1. The summed E-state index contributed by atoms with van der Waals surface area (Å²) in [7, 11) is 0. The minimum atomic E-state index is -0.331. The number of anilines is 1. The minimum Gasteiger partial charge on any atom is -0.462 e. The lowest BCUT2D eigenvalue weighted by Crippen LogP contribution is -2.29. The van der Waals surface area contributed by atoms with Gasteiger partial charge in [-0.1, -0.05) is 36.4 Å². The topological polar surface area (TPSA) is 50.4 Å². The molecule has 0 aromatic heterocycles. The second kappa shape index (κ2) is 9.67. The van der Waals surface area contributed by atoms with E-state index in [4.69, 9.17) is 17.0 Å². The lowest BCUT2D eigenvalue weighted by molar-refractivity contribution is 0.0526. The molecule has 5 heteroatoms. The first-order chi connectivity index (χ1) is 11.7. The molecular weight excluding hydrogens is 320 g/mol. The normalized spacial score (nSPS) is 10.0. The number of rotatable bonds is 7. The van der Waals surface area contributed by atoms with E-state index >= 15 is 0 Å². The number of aryl methyl sites for hydroxylation is 1. The number of carbonyl (C=O) groups excluding carboxylic acids is 1. The van der Waals surface area contributed by atoms with Crippen molar-refractivity contribution >= 4 is 29.0 Å². The minimum absolute atomic E-state index is 0.331. The zero-order valence-corrected chi connectivity index (χ0v) is 14.6. The highest BCUT2D eigenvalue weighted by molar-refractivity contribution is 7.80. The van der Waals surface area contributed by atoms with Gasteiger partial charge in [0.15, 0.2) is 5.11 Å². The highest BCUT2D eigenvalue weighted by Crippen LogP contribution is 2.11. The second-order valence-electron chi connectivity index (χ2n) is 5.27. The van der Waals surface area contributed by atoms with Crippen molar-refractivity contribution in [2.45, 2.75) is 19.8 Å². The first kappa shape index (κ1) is 17.9. The zero-order valence-electron chi connectivity index (χ0n) is 13.7. The number of hydrogen-bond acceptors (Lipinski definition) is 3. The summed E-state index contributed by atoms with van der Waals surface area (Å²) in [6.45, 7) is 2.94. The molecule has 0 heterocycles. The van der Waals surface area contributed by atoms with Gasteiger partial charge in [0.2, 0.25) is 0 Å². The highest BCUT2D eigenvalue weighted by atomic mass is 32.1. The fraction of sp³-hybridized carbons (Fsp3) is 0.263. The summed E-state index contributed by atoms with van der Waals surface area (Å²) in [6, 6.07) is 17.5. The Morgan fingerprint density at radius 2 is 1.92 bits per heavy atom. The van der Waals surface area contributed by atoms with Crippen LogP contribution in [0.1, 0.15) is 29.3 Å². The van der Waals surface area contributed by atoms with Gasteiger partial charge in [-0.05, 0) is 55.7 Å². The Kier molecular flexibility index (Phi) is 7.23. The molecular formula is C19H22N2O2S. The Balaban J connectivity index is 1.76. The Morgan fingerprint density at radius 3 is 2.67 bits per heavy atom. The second-order valence-corrected chi connectivity index (χ2v) is 5.68. The molecule has 4 nitrogen and oxygen atoms in total. The van der Waals surface area contributed by atoms with Crippen molar-refractivity contribution in [1.29, 1.82) is 0 Å². The average molecular weight is 342 g/mol. The first-order valence-corrected chi connectivity index (χ1v) is 8.46. The Hall–Kier alpha value is -2.40. The quantitative estimate of drug-likeness (QED) is 0.455. The first-order valence-electron chi connectivity index (χ1n) is 8.05. The molecule has 0 spiro atoms. The van der Waals surface area contributed by atoms with Gasteiger partial charge < -0.3 is 15.4 Å². The van der Waals surface area contributed by atoms with Crippen LogP contribution in [-0.4, -0.2) is 24.2 Å². The maximum Gasteiger partial charge on any atom is 0.338 e. The molecule has 0 radical (unpaired) electrons. The predicted octanol–water partition coefficient (Wildman–Crippen LogP) is 3.78. The molecule has 0 saturated carbocycles. The third kappa shape index (κ3) is 6.01. The molecule has 2 N–H and O–H groups in total. The number of hydrogen-bond donors (Lipinski definition) is 2. The van der Waals surface area contributed by atoms with E-state index in [0.29, 0.717) is 17.3 Å². The predicted molar refractivity (Wildman–Crippen MR) is 101 cm³/mol. The van der Waals surface area contributed by atoms with Gasteiger partial charge in [-0.3, -0.25) is 0 Å². The summed E-state index contributed by atoms with van der Waals surface area (Å²) in [4.78, 5) is 11.7. The smallest absolute Gasteiger partial charge is 0.338 e. The number of ether oxygens (including phenoxy) is 1. The van der Waals surface area contributed by atoms with Crippen LogP contribution in [0.15, 0.2) is 54.6 Å². The molecule has 0 bridgehead atoms. The molecule has 2 aromatic carbocycles. The van der Waals surface area contributed by atoms with Crippen molar-refractivity contribution in [3.8, 4) is 0 Å². The van der Waals surface area contributed by atoms with Crippen molar-refractivity contribution in [2.75, 3.05) is 18.5 Å². The van der Waals surface area contributed by atoms with E-state index in [1.54, 1.807) is 25.1 Å². The van der Waals surface area contributed by atoms with E-state index in [1.807, 2.05) is 24.3 Å². The van der Waals surface area contributed by atoms with Gasteiger partial charge in [0.05, 0.1) is 12.2 Å².